The van der Waals surface area contributed by atoms with E-state index in [-0.39, 0.29) is 6.41 Å². The Morgan fingerprint density at radius 2 is 1.59 bits per heavy atom. The lowest BCUT2D eigenvalue weighted by Gasteiger charge is -2.47. The molecule has 3 saturated heterocycles. The number of aliphatic hydroxyl groups excluding tert-OH is 8. The van der Waals surface area contributed by atoms with E-state index in [9.17, 15) is 60.0 Å². The number of rotatable bonds is 10. The van der Waals surface area contributed by atoms with Gasteiger partial charge in [-0.3, -0.25) is 23.9 Å². The van der Waals surface area contributed by atoms with Crippen LogP contribution >= 0.6 is 0 Å². The average Bonchev–Trinajstić information content (AvgIpc) is 3.26. The highest BCUT2D eigenvalue weighted by atomic mass is 16.8. The monoisotopic (exact) mass is 636 g/mol. The van der Waals surface area contributed by atoms with Crippen LogP contribution in [0, 0.1) is 0 Å². The molecule has 3 fully saturated rings. The summed E-state index contributed by atoms with van der Waals surface area (Å²) in [5.74, 6) is -0.663. The normalized spacial score (nSPS) is 41.6. The lowest BCUT2D eigenvalue weighted by molar-refractivity contribution is -0.346. The summed E-state index contributed by atoms with van der Waals surface area (Å²) in [4.78, 5) is 48.6. The standard InChI is InChI=1S/C24H36N4O16/c1-7(31)26-13-17(37)15(35)10(5-29)42-23(13)44-22-12(25-6-30)16(36)14(34)9(41-22)4-8(32)20-18(38)19(39)21(43-20)28-3-2-11(33)27-24(28)40/h2-3,6,8-10,12-23,29,32,34-39H,4-5H2,1H3,(H,25,30)(H,26,31)(H,27,33,40)/t8?,9?,10-,12-,13-,14+,15-,16-,17-,18+,19-,20-,21-,22+,23-/m1/s1. The van der Waals surface area contributed by atoms with Gasteiger partial charge in [-0.05, 0) is 0 Å². The molecule has 1 aromatic heterocycles. The molecule has 44 heavy (non-hydrogen) atoms. The SMILES string of the molecule is CC(=O)N[C@H]1[C@@H](O[C@@H]2OC(CC(O)[C@H]3O[C@@H](n4ccc(=O)[nH]c4=O)[C@H](O)[C@@H]3O)[C@H](O)[C@H](O)[C@H]2NC=O)O[C@H](CO)[C@@H](O)[C@@H]1O. The van der Waals surface area contributed by atoms with E-state index >= 15 is 0 Å². The van der Waals surface area contributed by atoms with Crippen molar-refractivity contribution >= 4 is 12.3 Å². The summed E-state index contributed by atoms with van der Waals surface area (Å²) in [6.07, 6.45) is -20.9. The fraction of sp³-hybridized carbons (Fsp3) is 0.750. The summed E-state index contributed by atoms with van der Waals surface area (Å²) in [6.45, 7) is 0.332. The summed E-state index contributed by atoms with van der Waals surface area (Å²) in [5, 5.41) is 88.5. The van der Waals surface area contributed by atoms with Gasteiger partial charge in [0, 0.05) is 25.6 Å². The van der Waals surface area contributed by atoms with Gasteiger partial charge < -0.3 is 70.4 Å². The van der Waals surface area contributed by atoms with E-state index in [2.05, 4.69) is 10.6 Å². The molecule has 0 radical (unpaired) electrons. The van der Waals surface area contributed by atoms with Gasteiger partial charge in [-0.1, -0.05) is 0 Å². The number of amides is 2. The Morgan fingerprint density at radius 3 is 2.20 bits per heavy atom. The molecule has 0 bridgehead atoms. The maximum Gasteiger partial charge on any atom is 0.330 e. The number of aromatic nitrogens is 2. The number of hydrogen-bond acceptors (Lipinski definition) is 16. The molecule has 248 valence electrons. The van der Waals surface area contributed by atoms with Gasteiger partial charge in [0.2, 0.25) is 12.3 Å². The molecule has 20 heteroatoms. The van der Waals surface area contributed by atoms with Gasteiger partial charge >= 0.3 is 5.69 Å². The molecule has 20 nitrogen and oxygen atoms in total. The lowest BCUT2D eigenvalue weighted by Crippen LogP contribution is -2.68. The first-order chi connectivity index (χ1) is 20.8. The lowest BCUT2D eigenvalue weighted by atomic mass is 9.91. The van der Waals surface area contributed by atoms with Crippen LogP contribution in [0.25, 0.3) is 0 Å². The van der Waals surface area contributed by atoms with E-state index in [0.29, 0.717) is 0 Å². The number of aromatic amines is 1. The zero-order chi connectivity index (χ0) is 32.5. The average molecular weight is 637 g/mol. The van der Waals surface area contributed by atoms with Crippen LogP contribution in [0.4, 0.5) is 0 Å². The third-order valence-corrected chi connectivity index (χ3v) is 7.73. The second-order valence-electron chi connectivity index (χ2n) is 10.7. The van der Waals surface area contributed by atoms with Crippen molar-refractivity contribution in [2.24, 2.45) is 0 Å². The van der Waals surface area contributed by atoms with Gasteiger partial charge in [0.1, 0.15) is 60.9 Å². The molecule has 0 spiro atoms. The molecule has 4 rings (SSSR count). The maximum atomic E-state index is 12.2. The molecular formula is C24H36N4O16. The van der Waals surface area contributed by atoms with Crippen LogP contribution in [0.3, 0.4) is 0 Å². The van der Waals surface area contributed by atoms with Crippen LogP contribution in [-0.4, -0.2) is 155 Å². The number of ether oxygens (including phenoxy) is 4. The van der Waals surface area contributed by atoms with E-state index < -0.39 is 122 Å². The fourth-order valence-electron chi connectivity index (χ4n) is 5.45. The van der Waals surface area contributed by atoms with Crippen LogP contribution in [0.15, 0.2) is 21.9 Å². The van der Waals surface area contributed by atoms with Crippen molar-refractivity contribution in [1.29, 1.82) is 0 Å². The van der Waals surface area contributed by atoms with Crippen LogP contribution in [0.1, 0.15) is 19.6 Å². The number of hydrogen-bond donors (Lipinski definition) is 11. The number of carbonyl (C=O) groups excluding carboxylic acids is 2. The molecule has 15 atom stereocenters. The van der Waals surface area contributed by atoms with Crippen molar-refractivity contribution in [2.75, 3.05) is 6.61 Å². The van der Waals surface area contributed by atoms with Crippen molar-refractivity contribution in [1.82, 2.24) is 20.2 Å². The Morgan fingerprint density at radius 1 is 0.977 bits per heavy atom. The number of nitrogens with one attached hydrogen (secondary N) is 3. The molecule has 0 saturated carbocycles. The third kappa shape index (κ3) is 6.85. The molecule has 11 N–H and O–H groups in total. The van der Waals surface area contributed by atoms with Gasteiger partial charge in [0.05, 0.1) is 18.8 Å². The fourth-order valence-corrected chi connectivity index (χ4v) is 5.45. The number of nitrogens with zero attached hydrogens (tertiary/aromatic N) is 1. The van der Waals surface area contributed by atoms with Crippen LogP contribution in [-0.2, 0) is 28.5 Å². The summed E-state index contributed by atoms with van der Waals surface area (Å²) in [7, 11) is 0. The minimum Gasteiger partial charge on any atom is -0.394 e. The highest BCUT2D eigenvalue weighted by molar-refractivity contribution is 5.73. The Hall–Kier alpha value is -2.86. The van der Waals surface area contributed by atoms with E-state index in [1.807, 2.05) is 4.98 Å². The minimum atomic E-state index is -1.81. The quantitative estimate of drug-likeness (QED) is 0.106. The molecular weight excluding hydrogens is 600 g/mol. The van der Waals surface area contributed by atoms with E-state index in [0.717, 1.165) is 23.8 Å². The second-order valence-corrected chi connectivity index (χ2v) is 10.7. The number of aliphatic hydroxyl groups is 8. The highest BCUT2D eigenvalue weighted by Gasteiger charge is 2.53. The van der Waals surface area contributed by atoms with Crippen molar-refractivity contribution in [3.63, 3.8) is 0 Å². The first-order valence-corrected chi connectivity index (χ1v) is 13.6. The summed E-state index contributed by atoms with van der Waals surface area (Å²) < 4.78 is 23.3. The van der Waals surface area contributed by atoms with Gasteiger partial charge in [0.25, 0.3) is 5.56 Å². The predicted octanol–water partition coefficient (Wildman–Crippen LogP) is -7.57. The molecule has 3 aliphatic heterocycles. The number of H-pyrrole nitrogens is 1. The van der Waals surface area contributed by atoms with Crippen LogP contribution in [0.5, 0.6) is 0 Å². The Kier molecular flexibility index (Phi) is 10.9. The van der Waals surface area contributed by atoms with Crippen molar-refractivity contribution in [2.45, 2.75) is 105 Å². The predicted molar refractivity (Wildman–Crippen MR) is 138 cm³/mol. The maximum absolute atomic E-state index is 12.2. The zero-order valence-electron chi connectivity index (χ0n) is 23.1. The van der Waals surface area contributed by atoms with Gasteiger partial charge in [0.15, 0.2) is 18.8 Å². The van der Waals surface area contributed by atoms with E-state index in [1.165, 1.54) is 0 Å². The first-order valence-electron chi connectivity index (χ1n) is 13.6. The molecule has 2 unspecified atom stereocenters. The highest BCUT2D eigenvalue weighted by Crippen LogP contribution is 2.34. The molecule has 3 aliphatic rings. The van der Waals surface area contributed by atoms with Crippen molar-refractivity contribution in [3.8, 4) is 0 Å². The molecule has 1 aromatic rings. The zero-order valence-corrected chi connectivity index (χ0v) is 23.1. The second kappa shape index (κ2) is 14.1. The van der Waals surface area contributed by atoms with Crippen LogP contribution in [0.2, 0.25) is 0 Å². The third-order valence-electron chi connectivity index (χ3n) is 7.73. The Labute approximate surface area is 247 Å². The summed E-state index contributed by atoms with van der Waals surface area (Å²) in [5.41, 5.74) is -1.69. The van der Waals surface area contributed by atoms with Crippen molar-refractivity contribution in [3.05, 3.63) is 33.1 Å². The molecule has 2 amide bonds. The molecule has 4 heterocycles. The summed E-state index contributed by atoms with van der Waals surface area (Å²) in [6, 6.07) is -1.95. The molecule has 0 aliphatic carbocycles. The van der Waals surface area contributed by atoms with E-state index in [1.54, 1.807) is 0 Å². The Bertz CT molecular complexity index is 1260. The Balaban J connectivity index is 1.53. The number of carbonyl (C=O) groups is 2. The van der Waals surface area contributed by atoms with Crippen LogP contribution < -0.4 is 21.9 Å². The topological polar surface area (TPSA) is 312 Å². The first kappa shape index (κ1) is 34.0. The van der Waals surface area contributed by atoms with Gasteiger partial charge in [-0.25, -0.2) is 4.79 Å². The van der Waals surface area contributed by atoms with Gasteiger partial charge in [-0.2, -0.15) is 0 Å². The largest absolute Gasteiger partial charge is 0.394 e. The van der Waals surface area contributed by atoms with Crippen molar-refractivity contribution < 1.29 is 69.4 Å². The summed E-state index contributed by atoms with van der Waals surface area (Å²) >= 11 is 0. The smallest absolute Gasteiger partial charge is 0.330 e. The van der Waals surface area contributed by atoms with E-state index in [4.69, 9.17) is 18.9 Å². The molecule has 0 aromatic carbocycles. The minimum absolute atomic E-state index is 0.167. The van der Waals surface area contributed by atoms with Gasteiger partial charge in [-0.15, -0.1) is 0 Å².